The predicted molar refractivity (Wildman–Crippen MR) is 204 cm³/mol. The Kier molecular flexibility index (Phi) is 6.85. The van der Waals surface area contributed by atoms with Gasteiger partial charge in [-0.2, -0.15) is 0 Å². The minimum atomic E-state index is -0.0342. The topological polar surface area (TPSA) is 52.7 Å². The lowest BCUT2D eigenvalue weighted by Crippen LogP contribution is -2.19. The second-order valence-electron chi connectivity index (χ2n) is 12.4. The molecule has 9 rings (SSSR count). The summed E-state index contributed by atoms with van der Waals surface area (Å²) < 4.78 is 5.99. The molecule has 0 saturated heterocycles. The van der Waals surface area contributed by atoms with Gasteiger partial charge in [-0.3, -0.25) is 9.13 Å². The summed E-state index contributed by atoms with van der Waals surface area (Å²) in [5.41, 5.74) is 11.0. The van der Waals surface area contributed by atoms with Crippen LogP contribution in [0.1, 0.15) is 0 Å². The molecular weight excluding hydrogens is 621 g/mol. The highest BCUT2D eigenvalue weighted by Gasteiger charge is 2.15. The molecule has 0 N–H and O–H groups in total. The number of fused-ring (bicyclic) bond motifs is 4. The van der Waals surface area contributed by atoms with Crippen LogP contribution in [0.4, 0.5) is 0 Å². The number of thiophene rings is 1. The van der Waals surface area contributed by atoms with Gasteiger partial charge >= 0.3 is 5.69 Å². The van der Waals surface area contributed by atoms with Crippen molar-refractivity contribution in [1.29, 1.82) is 0 Å². The van der Waals surface area contributed by atoms with Crippen LogP contribution in [0.5, 0.6) is 0 Å². The maximum absolute atomic E-state index is 12.6. The third kappa shape index (κ3) is 4.96. The molecule has 0 unspecified atom stereocenters. The van der Waals surface area contributed by atoms with E-state index in [0.29, 0.717) is 5.82 Å². The van der Waals surface area contributed by atoms with Crippen molar-refractivity contribution in [2.45, 2.75) is 0 Å². The molecule has 0 bridgehead atoms. The first kappa shape index (κ1) is 29.1. The van der Waals surface area contributed by atoms with Crippen molar-refractivity contribution in [3.63, 3.8) is 0 Å². The summed E-state index contributed by atoms with van der Waals surface area (Å²) >= 11 is 1.85. The smallest absolute Gasteiger partial charge is 0.295 e. The average Bonchev–Trinajstić information content (AvgIpc) is 3.65. The lowest BCUT2D eigenvalue weighted by molar-refractivity contribution is 0.795. The van der Waals surface area contributed by atoms with E-state index < -0.39 is 0 Å². The highest BCUT2D eigenvalue weighted by atomic mass is 32.1. The van der Waals surface area contributed by atoms with E-state index in [0.717, 1.165) is 50.2 Å². The standard InChI is InChI=1S/C43H30N4OS/c1-46-38-23-22-31(25-39(38)47(2)43(46)48)30-12-8-13-32(24-30)37-26-36(44-42(45-37)29-10-4-3-5-11-29)28-20-18-27(19-21-28)33-15-9-16-35-34-14-6-7-17-40(34)49-41(33)35/h3-26H,1-2H3. The zero-order valence-electron chi connectivity index (χ0n) is 27.0. The Morgan fingerprint density at radius 1 is 0.490 bits per heavy atom. The summed E-state index contributed by atoms with van der Waals surface area (Å²) in [5, 5.41) is 2.60. The van der Waals surface area contributed by atoms with E-state index >= 15 is 0 Å². The van der Waals surface area contributed by atoms with E-state index in [1.807, 2.05) is 54.8 Å². The minimum absolute atomic E-state index is 0.0342. The van der Waals surface area contributed by atoms with Gasteiger partial charge in [0.2, 0.25) is 0 Å². The van der Waals surface area contributed by atoms with Crippen LogP contribution in [0.3, 0.4) is 0 Å². The molecule has 5 nitrogen and oxygen atoms in total. The number of hydrogen-bond acceptors (Lipinski definition) is 4. The zero-order chi connectivity index (χ0) is 33.1. The molecule has 234 valence electrons. The van der Waals surface area contributed by atoms with E-state index in [4.69, 9.17) is 9.97 Å². The lowest BCUT2D eigenvalue weighted by atomic mass is 9.99. The van der Waals surface area contributed by atoms with Gasteiger partial charge in [0.25, 0.3) is 0 Å². The highest BCUT2D eigenvalue weighted by Crippen LogP contribution is 2.40. The highest BCUT2D eigenvalue weighted by molar-refractivity contribution is 7.26. The van der Waals surface area contributed by atoms with Crippen molar-refractivity contribution in [3.8, 4) is 56.2 Å². The molecule has 0 aliphatic carbocycles. The van der Waals surface area contributed by atoms with Gasteiger partial charge in [0.1, 0.15) is 0 Å². The molecule has 0 aliphatic heterocycles. The largest absolute Gasteiger partial charge is 0.328 e. The Balaban J connectivity index is 1.13. The maximum atomic E-state index is 12.6. The fourth-order valence-electron chi connectivity index (χ4n) is 6.80. The Labute approximate surface area is 287 Å². The van der Waals surface area contributed by atoms with Gasteiger partial charge in [-0.05, 0) is 52.6 Å². The normalized spacial score (nSPS) is 11.6. The monoisotopic (exact) mass is 650 g/mol. The summed E-state index contributed by atoms with van der Waals surface area (Å²) in [6, 6.07) is 50.7. The van der Waals surface area contributed by atoms with Crippen LogP contribution in [-0.4, -0.2) is 19.1 Å². The van der Waals surface area contributed by atoms with E-state index in [-0.39, 0.29) is 5.69 Å². The number of aryl methyl sites for hydroxylation is 2. The molecule has 3 aromatic heterocycles. The molecule has 0 atom stereocenters. The van der Waals surface area contributed by atoms with Gasteiger partial charge in [-0.15, -0.1) is 11.3 Å². The van der Waals surface area contributed by atoms with Crippen molar-refractivity contribution in [2.24, 2.45) is 14.1 Å². The number of rotatable bonds is 5. The molecule has 9 aromatic rings. The van der Waals surface area contributed by atoms with Gasteiger partial charge in [0, 0.05) is 51.0 Å². The third-order valence-corrected chi connectivity index (χ3v) is 10.6. The van der Waals surface area contributed by atoms with E-state index in [1.165, 1.54) is 31.3 Å². The average molecular weight is 651 g/mol. The number of hydrogen-bond donors (Lipinski definition) is 0. The second kappa shape index (κ2) is 11.5. The second-order valence-corrected chi connectivity index (χ2v) is 13.4. The Hall–Kier alpha value is -6.11. The van der Waals surface area contributed by atoms with Crippen LogP contribution in [0.15, 0.2) is 150 Å². The van der Waals surface area contributed by atoms with Gasteiger partial charge in [-0.1, -0.05) is 115 Å². The first-order valence-corrected chi connectivity index (χ1v) is 17.1. The molecule has 0 spiro atoms. The van der Waals surface area contributed by atoms with Gasteiger partial charge in [-0.25, -0.2) is 14.8 Å². The summed E-state index contributed by atoms with van der Waals surface area (Å²) in [4.78, 5) is 22.7. The predicted octanol–water partition coefficient (Wildman–Crippen LogP) is 10.4. The quantitative estimate of drug-likeness (QED) is 0.186. The van der Waals surface area contributed by atoms with Gasteiger partial charge in [0.05, 0.1) is 22.4 Å². The Morgan fingerprint density at radius 3 is 1.94 bits per heavy atom. The number of imidazole rings is 1. The van der Waals surface area contributed by atoms with Crippen molar-refractivity contribution in [3.05, 3.63) is 156 Å². The molecule has 3 heterocycles. The van der Waals surface area contributed by atoms with Crippen LogP contribution in [0, 0.1) is 0 Å². The van der Waals surface area contributed by atoms with E-state index in [1.54, 1.807) is 16.2 Å². The molecule has 0 fully saturated rings. The van der Waals surface area contributed by atoms with Crippen LogP contribution >= 0.6 is 11.3 Å². The fraction of sp³-hybridized carbons (Fsp3) is 0.0465. The van der Waals surface area contributed by atoms with Crippen molar-refractivity contribution < 1.29 is 0 Å². The summed E-state index contributed by atoms with van der Waals surface area (Å²) in [6.45, 7) is 0. The van der Waals surface area contributed by atoms with E-state index in [9.17, 15) is 4.79 Å². The van der Waals surface area contributed by atoms with Crippen LogP contribution in [0.25, 0.3) is 87.4 Å². The zero-order valence-corrected chi connectivity index (χ0v) is 27.8. The van der Waals surface area contributed by atoms with Crippen molar-refractivity contribution >= 4 is 42.5 Å². The summed E-state index contributed by atoms with van der Waals surface area (Å²) in [6.07, 6.45) is 0. The number of benzene rings is 6. The third-order valence-electron chi connectivity index (χ3n) is 9.42. The van der Waals surface area contributed by atoms with Crippen LogP contribution in [-0.2, 0) is 14.1 Å². The molecular formula is C43H30N4OS. The van der Waals surface area contributed by atoms with Crippen LogP contribution in [0.2, 0.25) is 0 Å². The van der Waals surface area contributed by atoms with Crippen LogP contribution < -0.4 is 5.69 Å². The molecule has 0 amide bonds. The molecule has 6 aromatic carbocycles. The summed E-state index contributed by atoms with van der Waals surface area (Å²) in [7, 11) is 3.62. The molecule has 0 aliphatic rings. The molecule has 0 radical (unpaired) electrons. The van der Waals surface area contributed by atoms with Crippen molar-refractivity contribution in [2.75, 3.05) is 0 Å². The Bertz CT molecular complexity index is 2760. The summed E-state index contributed by atoms with van der Waals surface area (Å²) in [5.74, 6) is 0.679. The van der Waals surface area contributed by atoms with Crippen molar-refractivity contribution in [1.82, 2.24) is 19.1 Å². The van der Waals surface area contributed by atoms with Gasteiger partial charge < -0.3 is 0 Å². The lowest BCUT2D eigenvalue weighted by Gasteiger charge is -2.11. The number of aromatic nitrogens is 4. The SMILES string of the molecule is Cn1c(=O)n(C)c2cc(-c3cccc(-c4cc(-c5ccc(-c6cccc7c6sc6ccccc67)cc5)nc(-c5ccccc5)n4)c3)ccc21. The molecule has 0 saturated carbocycles. The molecule has 49 heavy (non-hydrogen) atoms. The van der Waals surface area contributed by atoms with Gasteiger partial charge in [0.15, 0.2) is 5.82 Å². The Morgan fingerprint density at radius 2 is 1.10 bits per heavy atom. The minimum Gasteiger partial charge on any atom is -0.295 e. The first-order chi connectivity index (χ1) is 24.0. The maximum Gasteiger partial charge on any atom is 0.328 e. The fourth-order valence-corrected chi connectivity index (χ4v) is 8.04. The molecule has 6 heteroatoms. The number of nitrogens with zero attached hydrogens (tertiary/aromatic N) is 4. The van der Waals surface area contributed by atoms with E-state index in [2.05, 4.69) is 109 Å². The first-order valence-electron chi connectivity index (χ1n) is 16.2.